The Hall–Kier alpha value is -1.44. The molecule has 0 saturated carbocycles. The summed E-state index contributed by atoms with van der Waals surface area (Å²) in [7, 11) is -3.41. The van der Waals surface area contributed by atoms with E-state index in [1.807, 2.05) is 17.0 Å². The van der Waals surface area contributed by atoms with Crippen molar-refractivity contribution in [2.45, 2.75) is 43.4 Å². The van der Waals surface area contributed by atoms with Gasteiger partial charge in [0.1, 0.15) is 0 Å². The molecule has 2 aliphatic rings. The quantitative estimate of drug-likeness (QED) is 0.784. The zero-order valence-electron chi connectivity index (χ0n) is 15.2. The fourth-order valence-electron chi connectivity index (χ4n) is 3.48. The molecular formula is C19H28N2O4S. The van der Waals surface area contributed by atoms with Gasteiger partial charge in [0.05, 0.1) is 18.1 Å². The summed E-state index contributed by atoms with van der Waals surface area (Å²) in [5.41, 5.74) is 0.987. The van der Waals surface area contributed by atoms with Gasteiger partial charge in [0, 0.05) is 32.6 Å². The van der Waals surface area contributed by atoms with Crippen LogP contribution in [-0.2, 0) is 26.0 Å². The van der Waals surface area contributed by atoms with Crippen molar-refractivity contribution in [3.8, 4) is 0 Å². The molecule has 0 aliphatic carbocycles. The third-order valence-corrected chi connectivity index (χ3v) is 7.03. The molecule has 7 heteroatoms. The number of carbonyl (C=O) groups excluding carboxylic acids is 1. The van der Waals surface area contributed by atoms with Gasteiger partial charge in [-0.05, 0) is 37.0 Å². The number of benzene rings is 1. The number of ether oxygens (including phenoxy) is 1. The summed E-state index contributed by atoms with van der Waals surface area (Å²) in [5.74, 6) is 0.134. The molecule has 2 fully saturated rings. The normalized spacial score (nSPS) is 19.9. The predicted octanol–water partition coefficient (Wildman–Crippen LogP) is 2.04. The summed E-state index contributed by atoms with van der Waals surface area (Å²) in [5, 5.41) is 0. The highest BCUT2D eigenvalue weighted by Gasteiger charge is 2.25. The van der Waals surface area contributed by atoms with Crippen molar-refractivity contribution in [2.75, 3.05) is 39.4 Å². The van der Waals surface area contributed by atoms with Crippen LogP contribution in [-0.4, -0.2) is 62.9 Å². The summed E-state index contributed by atoms with van der Waals surface area (Å²) < 4.78 is 32.4. The summed E-state index contributed by atoms with van der Waals surface area (Å²) in [6, 6.07) is 7.01. The maximum absolute atomic E-state index is 12.8. The summed E-state index contributed by atoms with van der Waals surface area (Å²) >= 11 is 0. The van der Waals surface area contributed by atoms with E-state index in [2.05, 4.69) is 0 Å². The number of amides is 1. The van der Waals surface area contributed by atoms with E-state index in [0.717, 1.165) is 31.2 Å². The van der Waals surface area contributed by atoms with Crippen molar-refractivity contribution >= 4 is 15.9 Å². The monoisotopic (exact) mass is 380 g/mol. The van der Waals surface area contributed by atoms with Crippen molar-refractivity contribution in [2.24, 2.45) is 0 Å². The van der Waals surface area contributed by atoms with E-state index in [9.17, 15) is 13.2 Å². The Kier molecular flexibility index (Phi) is 6.67. The van der Waals surface area contributed by atoms with Gasteiger partial charge in [-0.1, -0.05) is 25.0 Å². The number of carbonyl (C=O) groups is 1. The highest BCUT2D eigenvalue weighted by Crippen LogP contribution is 2.21. The molecule has 6 nitrogen and oxygen atoms in total. The lowest BCUT2D eigenvalue weighted by Crippen LogP contribution is -2.40. The molecule has 0 N–H and O–H groups in total. The fourth-order valence-corrected chi connectivity index (χ4v) is 5.00. The third-order valence-electron chi connectivity index (χ3n) is 5.12. The molecule has 0 radical (unpaired) electrons. The number of hydrogen-bond acceptors (Lipinski definition) is 4. The fraction of sp³-hybridized carbons (Fsp3) is 0.632. The lowest BCUT2D eigenvalue weighted by atomic mass is 10.1. The molecule has 1 amide bonds. The number of hydrogen-bond donors (Lipinski definition) is 0. The molecule has 0 bridgehead atoms. The van der Waals surface area contributed by atoms with Gasteiger partial charge in [-0.25, -0.2) is 8.42 Å². The Labute approximate surface area is 156 Å². The van der Waals surface area contributed by atoms with Crippen LogP contribution in [0.3, 0.4) is 0 Å². The van der Waals surface area contributed by atoms with Crippen LogP contribution < -0.4 is 0 Å². The van der Waals surface area contributed by atoms with Crippen molar-refractivity contribution in [3.63, 3.8) is 0 Å². The second-order valence-corrected chi connectivity index (χ2v) is 8.89. The minimum absolute atomic E-state index is 0.134. The number of rotatable bonds is 5. The number of morpholine rings is 1. The van der Waals surface area contributed by atoms with Gasteiger partial charge in [0.2, 0.25) is 15.9 Å². The van der Waals surface area contributed by atoms with Crippen LogP contribution in [0.5, 0.6) is 0 Å². The first kappa shape index (κ1) is 19.3. The lowest BCUT2D eigenvalue weighted by Gasteiger charge is -2.26. The van der Waals surface area contributed by atoms with Crippen molar-refractivity contribution in [1.82, 2.24) is 9.21 Å². The molecule has 2 saturated heterocycles. The Bertz CT molecular complexity index is 689. The molecule has 0 unspecified atom stereocenters. The summed E-state index contributed by atoms with van der Waals surface area (Å²) in [6.07, 6.45) is 5.13. The van der Waals surface area contributed by atoms with E-state index < -0.39 is 10.0 Å². The van der Waals surface area contributed by atoms with E-state index >= 15 is 0 Å². The van der Waals surface area contributed by atoms with E-state index in [0.29, 0.717) is 57.1 Å². The zero-order chi connectivity index (χ0) is 18.4. The van der Waals surface area contributed by atoms with Crippen LogP contribution in [0.4, 0.5) is 0 Å². The van der Waals surface area contributed by atoms with Crippen LogP contribution >= 0.6 is 0 Å². The molecule has 144 valence electrons. The van der Waals surface area contributed by atoms with Crippen LogP contribution in [0.25, 0.3) is 0 Å². The smallest absolute Gasteiger partial charge is 0.243 e. The largest absolute Gasteiger partial charge is 0.378 e. The average molecular weight is 381 g/mol. The van der Waals surface area contributed by atoms with E-state index in [4.69, 9.17) is 4.74 Å². The van der Waals surface area contributed by atoms with E-state index in [1.165, 1.54) is 0 Å². The van der Waals surface area contributed by atoms with Gasteiger partial charge in [0.25, 0.3) is 0 Å². The van der Waals surface area contributed by atoms with Crippen LogP contribution in [0.1, 0.15) is 37.7 Å². The molecule has 1 aromatic carbocycles. The third kappa shape index (κ3) is 4.84. The minimum Gasteiger partial charge on any atom is -0.378 e. The number of aryl methyl sites for hydroxylation is 1. The van der Waals surface area contributed by atoms with Crippen LogP contribution in [0.15, 0.2) is 29.2 Å². The Balaban J connectivity index is 1.58. The Morgan fingerprint density at radius 1 is 0.923 bits per heavy atom. The molecule has 0 aromatic heterocycles. The minimum atomic E-state index is -3.41. The molecule has 26 heavy (non-hydrogen) atoms. The van der Waals surface area contributed by atoms with Gasteiger partial charge < -0.3 is 9.64 Å². The zero-order valence-corrected chi connectivity index (χ0v) is 16.0. The van der Waals surface area contributed by atoms with Crippen LogP contribution in [0.2, 0.25) is 0 Å². The van der Waals surface area contributed by atoms with Crippen molar-refractivity contribution in [1.29, 1.82) is 0 Å². The SMILES string of the molecule is O=C(CCc1ccc(S(=O)(=O)N2CCCCCC2)cc1)N1CCOCC1. The molecular weight excluding hydrogens is 352 g/mol. The second-order valence-electron chi connectivity index (χ2n) is 6.96. The molecule has 0 spiro atoms. The van der Waals surface area contributed by atoms with Crippen molar-refractivity contribution < 1.29 is 17.9 Å². The predicted molar refractivity (Wildman–Crippen MR) is 99.4 cm³/mol. The first-order chi connectivity index (χ1) is 12.6. The lowest BCUT2D eigenvalue weighted by molar-refractivity contribution is -0.135. The van der Waals surface area contributed by atoms with Gasteiger partial charge >= 0.3 is 0 Å². The number of nitrogens with zero attached hydrogens (tertiary/aromatic N) is 2. The number of sulfonamides is 1. The Morgan fingerprint density at radius 2 is 1.54 bits per heavy atom. The first-order valence-corrected chi connectivity index (χ1v) is 11.0. The standard InChI is InChI=1S/C19H28N2O4S/c22-19(20-13-15-25-16-14-20)10-7-17-5-8-18(9-6-17)26(23,24)21-11-3-1-2-4-12-21/h5-6,8-9H,1-4,7,10-16H2. The summed E-state index contributed by atoms with van der Waals surface area (Å²) in [6.45, 7) is 3.75. The first-order valence-electron chi connectivity index (χ1n) is 9.52. The molecule has 1 aromatic rings. The van der Waals surface area contributed by atoms with Gasteiger partial charge in [-0.15, -0.1) is 0 Å². The highest BCUT2D eigenvalue weighted by atomic mass is 32.2. The maximum atomic E-state index is 12.8. The van der Waals surface area contributed by atoms with E-state index in [-0.39, 0.29) is 5.91 Å². The summed E-state index contributed by atoms with van der Waals surface area (Å²) in [4.78, 5) is 14.4. The van der Waals surface area contributed by atoms with E-state index in [1.54, 1.807) is 16.4 Å². The van der Waals surface area contributed by atoms with Crippen molar-refractivity contribution in [3.05, 3.63) is 29.8 Å². The highest BCUT2D eigenvalue weighted by molar-refractivity contribution is 7.89. The van der Waals surface area contributed by atoms with Gasteiger partial charge in [-0.2, -0.15) is 4.31 Å². The topological polar surface area (TPSA) is 66.9 Å². The van der Waals surface area contributed by atoms with Crippen LogP contribution in [0, 0.1) is 0 Å². The van der Waals surface area contributed by atoms with Gasteiger partial charge in [0.15, 0.2) is 0 Å². The average Bonchev–Trinajstić information content (AvgIpc) is 2.97. The second kappa shape index (κ2) is 8.97. The molecule has 2 heterocycles. The molecule has 3 rings (SSSR count). The Morgan fingerprint density at radius 3 is 2.15 bits per heavy atom. The molecule has 0 atom stereocenters. The maximum Gasteiger partial charge on any atom is 0.243 e. The van der Waals surface area contributed by atoms with Gasteiger partial charge in [-0.3, -0.25) is 4.79 Å². The molecule has 2 aliphatic heterocycles.